The Morgan fingerprint density at radius 3 is 2.77 bits per heavy atom. The highest BCUT2D eigenvalue weighted by atomic mass is 16.2. The Labute approximate surface area is 153 Å². The third kappa shape index (κ3) is 2.64. The van der Waals surface area contributed by atoms with Crippen LogP contribution in [0.5, 0.6) is 0 Å². The maximum Gasteiger partial charge on any atom is 0.256 e. The smallest absolute Gasteiger partial charge is 0.256 e. The standard InChI is InChI=1S/C20H24N4O2/c1-14(2)24-11-4-7-20(19(24)26)8-12-23(13-20)18(25)15-5-3-6-16-17(15)22-10-9-21-16/h3,5-6,9-10,14H,4,7-8,11-13H2,1-2H3. The predicted octanol–water partition coefficient (Wildman–Crippen LogP) is 2.49. The van der Waals surface area contributed by atoms with Crippen molar-refractivity contribution < 1.29 is 9.59 Å². The van der Waals surface area contributed by atoms with Crippen molar-refractivity contribution in [2.24, 2.45) is 5.41 Å². The Bertz CT molecular complexity index is 861. The van der Waals surface area contributed by atoms with Gasteiger partial charge in [0.25, 0.3) is 5.91 Å². The fourth-order valence-electron chi connectivity index (χ4n) is 4.35. The van der Waals surface area contributed by atoms with Crippen LogP contribution >= 0.6 is 0 Å². The van der Waals surface area contributed by atoms with Crippen molar-refractivity contribution in [2.75, 3.05) is 19.6 Å². The molecule has 0 radical (unpaired) electrons. The van der Waals surface area contributed by atoms with Gasteiger partial charge in [-0.15, -0.1) is 0 Å². The van der Waals surface area contributed by atoms with Gasteiger partial charge in [-0.05, 0) is 45.2 Å². The minimum Gasteiger partial charge on any atom is -0.340 e. The number of fused-ring (bicyclic) bond motifs is 1. The summed E-state index contributed by atoms with van der Waals surface area (Å²) in [6, 6.07) is 5.70. The fourth-order valence-corrected chi connectivity index (χ4v) is 4.35. The molecular formula is C20H24N4O2. The average Bonchev–Trinajstić information content (AvgIpc) is 3.08. The Kier molecular flexibility index (Phi) is 4.13. The number of para-hydroxylation sites is 1. The van der Waals surface area contributed by atoms with E-state index in [1.54, 1.807) is 18.5 Å². The number of aromatic nitrogens is 2. The topological polar surface area (TPSA) is 66.4 Å². The molecule has 1 aromatic heterocycles. The van der Waals surface area contributed by atoms with Crippen molar-refractivity contribution in [3.05, 3.63) is 36.2 Å². The fraction of sp³-hybridized carbons (Fsp3) is 0.500. The zero-order chi connectivity index (χ0) is 18.3. The van der Waals surface area contributed by atoms with E-state index < -0.39 is 5.41 Å². The molecule has 26 heavy (non-hydrogen) atoms. The van der Waals surface area contributed by atoms with Crippen LogP contribution in [0.1, 0.15) is 43.5 Å². The third-order valence-electron chi connectivity index (χ3n) is 5.76. The first kappa shape index (κ1) is 16.9. The van der Waals surface area contributed by atoms with Gasteiger partial charge in [0.05, 0.1) is 16.5 Å². The molecular weight excluding hydrogens is 328 g/mol. The zero-order valence-electron chi connectivity index (χ0n) is 15.3. The van der Waals surface area contributed by atoms with E-state index in [4.69, 9.17) is 0 Å². The SMILES string of the molecule is CC(C)N1CCCC2(CCN(C(=O)c3cccc4nccnc34)C2)C1=O. The number of amides is 2. The molecule has 0 aliphatic carbocycles. The van der Waals surface area contributed by atoms with Gasteiger partial charge in [0.1, 0.15) is 5.52 Å². The van der Waals surface area contributed by atoms with Gasteiger partial charge < -0.3 is 9.80 Å². The molecule has 136 valence electrons. The number of carbonyl (C=O) groups is 2. The summed E-state index contributed by atoms with van der Waals surface area (Å²) in [4.78, 5) is 38.6. The van der Waals surface area contributed by atoms with Crippen LogP contribution in [-0.2, 0) is 4.79 Å². The summed E-state index contributed by atoms with van der Waals surface area (Å²) in [5.74, 6) is 0.161. The first-order chi connectivity index (χ1) is 12.5. The van der Waals surface area contributed by atoms with E-state index in [2.05, 4.69) is 23.8 Å². The van der Waals surface area contributed by atoms with Crippen molar-refractivity contribution in [3.63, 3.8) is 0 Å². The van der Waals surface area contributed by atoms with E-state index in [1.165, 1.54) is 0 Å². The van der Waals surface area contributed by atoms with Gasteiger partial charge in [0.2, 0.25) is 5.91 Å². The molecule has 2 aliphatic rings. The van der Waals surface area contributed by atoms with E-state index in [-0.39, 0.29) is 17.9 Å². The second kappa shape index (κ2) is 6.34. The zero-order valence-corrected chi connectivity index (χ0v) is 15.3. The van der Waals surface area contributed by atoms with E-state index in [9.17, 15) is 9.59 Å². The van der Waals surface area contributed by atoms with Gasteiger partial charge in [-0.3, -0.25) is 19.6 Å². The monoisotopic (exact) mass is 352 g/mol. The van der Waals surface area contributed by atoms with E-state index in [0.29, 0.717) is 29.7 Å². The predicted molar refractivity (Wildman–Crippen MR) is 98.6 cm³/mol. The second-order valence-corrected chi connectivity index (χ2v) is 7.68. The Morgan fingerprint density at radius 1 is 1.15 bits per heavy atom. The number of likely N-dealkylation sites (tertiary alicyclic amines) is 2. The molecule has 0 bridgehead atoms. The van der Waals surface area contributed by atoms with Gasteiger partial charge in [-0.2, -0.15) is 0 Å². The molecule has 2 amide bonds. The van der Waals surface area contributed by atoms with Crippen LogP contribution in [0.15, 0.2) is 30.6 Å². The molecule has 2 aromatic rings. The van der Waals surface area contributed by atoms with Crippen molar-refractivity contribution >= 4 is 22.8 Å². The summed E-state index contributed by atoms with van der Waals surface area (Å²) in [5, 5.41) is 0. The lowest BCUT2D eigenvalue weighted by atomic mass is 9.78. The summed E-state index contributed by atoms with van der Waals surface area (Å²) >= 11 is 0. The highest BCUT2D eigenvalue weighted by Crippen LogP contribution is 2.41. The first-order valence-corrected chi connectivity index (χ1v) is 9.32. The lowest BCUT2D eigenvalue weighted by molar-refractivity contribution is -0.147. The summed E-state index contributed by atoms with van der Waals surface area (Å²) in [6.45, 7) is 6.07. The Morgan fingerprint density at radius 2 is 1.96 bits per heavy atom. The molecule has 6 heteroatoms. The Balaban J connectivity index is 1.60. The molecule has 2 aliphatic heterocycles. The largest absolute Gasteiger partial charge is 0.340 e. The van der Waals surface area contributed by atoms with Gasteiger partial charge in [-0.25, -0.2) is 0 Å². The molecule has 6 nitrogen and oxygen atoms in total. The van der Waals surface area contributed by atoms with Crippen molar-refractivity contribution in [1.29, 1.82) is 0 Å². The van der Waals surface area contributed by atoms with E-state index >= 15 is 0 Å². The summed E-state index contributed by atoms with van der Waals surface area (Å²) in [7, 11) is 0. The van der Waals surface area contributed by atoms with Crippen LogP contribution in [0, 0.1) is 5.41 Å². The molecule has 1 aromatic carbocycles. The number of carbonyl (C=O) groups excluding carboxylic acids is 2. The van der Waals surface area contributed by atoms with Crippen LogP contribution in [0.4, 0.5) is 0 Å². The number of piperidine rings is 1. The molecule has 1 spiro atoms. The molecule has 1 unspecified atom stereocenters. The molecule has 2 saturated heterocycles. The van der Waals surface area contributed by atoms with Gasteiger partial charge in [0.15, 0.2) is 0 Å². The quantitative estimate of drug-likeness (QED) is 0.833. The number of benzene rings is 1. The third-order valence-corrected chi connectivity index (χ3v) is 5.76. The second-order valence-electron chi connectivity index (χ2n) is 7.68. The molecule has 3 heterocycles. The first-order valence-electron chi connectivity index (χ1n) is 9.32. The number of hydrogen-bond donors (Lipinski definition) is 0. The molecule has 2 fully saturated rings. The molecule has 1 atom stereocenters. The number of nitrogens with zero attached hydrogens (tertiary/aromatic N) is 4. The van der Waals surface area contributed by atoms with E-state index in [0.717, 1.165) is 25.8 Å². The van der Waals surface area contributed by atoms with Crippen LogP contribution < -0.4 is 0 Å². The maximum atomic E-state index is 13.1. The summed E-state index contributed by atoms with van der Waals surface area (Å²) in [5.41, 5.74) is 1.50. The normalized spacial score (nSPS) is 23.4. The van der Waals surface area contributed by atoms with Crippen LogP contribution in [0.3, 0.4) is 0 Å². The van der Waals surface area contributed by atoms with Crippen molar-refractivity contribution in [1.82, 2.24) is 19.8 Å². The lowest BCUT2D eigenvalue weighted by Crippen LogP contribution is -2.52. The minimum atomic E-state index is -0.408. The average molecular weight is 352 g/mol. The summed E-state index contributed by atoms with van der Waals surface area (Å²) in [6.07, 6.45) is 5.86. The maximum absolute atomic E-state index is 13.1. The lowest BCUT2D eigenvalue weighted by Gasteiger charge is -2.41. The van der Waals surface area contributed by atoms with Gasteiger partial charge in [0, 0.05) is 38.1 Å². The highest BCUT2D eigenvalue weighted by Gasteiger charge is 2.49. The molecule has 0 N–H and O–H groups in total. The van der Waals surface area contributed by atoms with Gasteiger partial charge in [-0.1, -0.05) is 6.07 Å². The number of hydrogen-bond acceptors (Lipinski definition) is 4. The van der Waals surface area contributed by atoms with E-state index in [1.807, 2.05) is 21.9 Å². The van der Waals surface area contributed by atoms with Crippen molar-refractivity contribution in [2.45, 2.75) is 39.2 Å². The van der Waals surface area contributed by atoms with Gasteiger partial charge >= 0.3 is 0 Å². The minimum absolute atomic E-state index is 0.0533. The molecule has 4 rings (SSSR count). The summed E-state index contributed by atoms with van der Waals surface area (Å²) < 4.78 is 0. The highest BCUT2D eigenvalue weighted by molar-refractivity contribution is 6.05. The Hall–Kier alpha value is -2.50. The van der Waals surface area contributed by atoms with Crippen LogP contribution in [0.2, 0.25) is 0 Å². The van der Waals surface area contributed by atoms with Crippen LogP contribution in [0.25, 0.3) is 11.0 Å². The molecule has 0 saturated carbocycles. The van der Waals surface area contributed by atoms with Crippen molar-refractivity contribution in [3.8, 4) is 0 Å². The number of rotatable bonds is 2. The van der Waals surface area contributed by atoms with Crippen LogP contribution in [-0.4, -0.2) is 57.3 Å².